The second kappa shape index (κ2) is 5.06. The van der Waals surface area contributed by atoms with Crippen molar-refractivity contribution in [2.75, 3.05) is 0 Å². The van der Waals surface area contributed by atoms with Crippen molar-refractivity contribution in [2.45, 2.75) is 13.8 Å². The quantitative estimate of drug-likeness (QED) is 0.675. The maximum atomic E-state index is 11.3. The first kappa shape index (κ1) is 13.0. The van der Waals surface area contributed by atoms with Crippen molar-refractivity contribution in [3.8, 4) is 11.1 Å². The fraction of sp³-hybridized carbons (Fsp3) is 0.125. The molecule has 0 aromatic heterocycles. The van der Waals surface area contributed by atoms with Crippen LogP contribution in [0, 0.1) is 13.8 Å². The molecule has 96 valence electrons. The number of aliphatic carboxylic acids is 1. The van der Waals surface area contributed by atoms with E-state index in [1.165, 1.54) is 11.1 Å². The molecule has 3 nitrogen and oxygen atoms in total. The number of carboxylic acids is 1. The molecule has 0 aliphatic heterocycles. The summed E-state index contributed by atoms with van der Waals surface area (Å²) in [4.78, 5) is 21.9. The number of aryl methyl sites for hydroxylation is 2. The molecule has 19 heavy (non-hydrogen) atoms. The van der Waals surface area contributed by atoms with Gasteiger partial charge in [0.15, 0.2) is 0 Å². The molecule has 0 unspecified atom stereocenters. The average Bonchev–Trinajstić information content (AvgIpc) is 2.41. The summed E-state index contributed by atoms with van der Waals surface area (Å²) < 4.78 is 0. The minimum Gasteiger partial charge on any atom is -0.475 e. The minimum atomic E-state index is -1.43. The predicted molar refractivity (Wildman–Crippen MR) is 73.3 cm³/mol. The lowest BCUT2D eigenvalue weighted by Gasteiger charge is -2.06. The van der Waals surface area contributed by atoms with E-state index < -0.39 is 11.8 Å². The smallest absolute Gasteiger partial charge is 0.377 e. The van der Waals surface area contributed by atoms with Crippen LogP contribution in [-0.2, 0) is 4.79 Å². The SMILES string of the molecule is Cc1ccc(-c2ccc(C(=O)C(=O)O)cc2)cc1C. The van der Waals surface area contributed by atoms with Crippen LogP contribution in [0.4, 0.5) is 0 Å². The lowest BCUT2D eigenvalue weighted by molar-refractivity contribution is -0.131. The molecule has 2 aromatic rings. The Bertz CT molecular complexity index is 640. The molecule has 0 heterocycles. The Morgan fingerprint density at radius 2 is 1.42 bits per heavy atom. The van der Waals surface area contributed by atoms with Gasteiger partial charge < -0.3 is 5.11 Å². The number of carbonyl (C=O) groups excluding carboxylic acids is 1. The van der Waals surface area contributed by atoms with Gasteiger partial charge in [-0.3, -0.25) is 4.79 Å². The number of rotatable bonds is 3. The molecular weight excluding hydrogens is 240 g/mol. The van der Waals surface area contributed by atoms with Crippen LogP contribution in [0.25, 0.3) is 11.1 Å². The highest BCUT2D eigenvalue weighted by molar-refractivity contribution is 6.39. The second-order valence-corrected chi connectivity index (χ2v) is 4.51. The van der Waals surface area contributed by atoms with Crippen molar-refractivity contribution >= 4 is 11.8 Å². The van der Waals surface area contributed by atoms with Crippen molar-refractivity contribution in [1.82, 2.24) is 0 Å². The fourth-order valence-electron chi connectivity index (χ4n) is 1.86. The van der Waals surface area contributed by atoms with E-state index in [-0.39, 0.29) is 5.56 Å². The van der Waals surface area contributed by atoms with Gasteiger partial charge in [-0.25, -0.2) is 4.79 Å². The van der Waals surface area contributed by atoms with Crippen LogP contribution in [0.1, 0.15) is 21.5 Å². The normalized spacial score (nSPS) is 10.2. The molecular formula is C16H14O3. The first-order valence-corrected chi connectivity index (χ1v) is 5.94. The van der Waals surface area contributed by atoms with Crippen molar-refractivity contribution in [2.24, 2.45) is 0 Å². The number of carboxylic acid groups (broad SMARTS) is 1. The maximum absolute atomic E-state index is 11.3. The predicted octanol–water partition coefficient (Wildman–Crippen LogP) is 3.24. The van der Waals surface area contributed by atoms with Crippen LogP contribution < -0.4 is 0 Å². The van der Waals surface area contributed by atoms with Gasteiger partial charge >= 0.3 is 5.97 Å². The van der Waals surface area contributed by atoms with Gasteiger partial charge in [-0.2, -0.15) is 0 Å². The van der Waals surface area contributed by atoms with Crippen LogP contribution in [0.5, 0.6) is 0 Å². The van der Waals surface area contributed by atoms with Crippen LogP contribution in [0.3, 0.4) is 0 Å². The zero-order valence-corrected chi connectivity index (χ0v) is 10.8. The van der Waals surface area contributed by atoms with Gasteiger partial charge in [-0.05, 0) is 36.1 Å². The molecule has 0 fully saturated rings. The fourth-order valence-corrected chi connectivity index (χ4v) is 1.86. The third kappa shape index (κ3) is 2.71. The van der Waals surface area contributed by atoms with E-state index in [2.05, 4.69) is 6.07 Å². The van der Waals surface area contributed by atoms with E-state index in [1.807, 2.05) is 26.0 Å². The van der Waals surface area contributed by atoms with Crippen molar-refractivity contribution in [3.05, 3.63) is 59.2 Å². The molecule has 0 amide bonds. The van der Waals surface area contributed by atoms with Gasteiger partial charge in [0.2, 0.25) is 0 Å². The average molecular weight is 254 g/mol. The molecule has 2 rings (SSSR count). The summed E-state index contributed by atoms with van der Waals surface area (Å²) in [7, 11) is 0. The third-order valence-corrected chi connectivity index (χ3v) is 3.18. The van der Waals surface area contributed by atoms with Crippen LogP contribution in [-0.4, -0.2) is 16.9 Å². The van der Waals surface area contributed by atoms with Gasteiger partial charge in [-0.1, -0.05) is 42.5 Å². The van der Waals surface area contributed by atoms with Crippen LogP contribution in [0.15, 0.2) is 42.5 Å². The van der Waals surface area contributed by atoms with Gasteiger partial charge in [-0.15, -0.1) is 0 Å². The molecule has 3 heteroatoms. The topological polar surface area (TPSA) is 54.4 Å². The van der Waals surface area contributed by atoms with E-state index in [4.69, 9.17) is 5.11 Å². The Kier molecular flexibility index (Phi) is 3.47. The molecule has 0 saturated heterocycles. The number of hydrogen-bond donors (Lipinski definition) is 1. The van der Waals surface area contributed by atoms with E-state index in [0.717, 1.165) is 11.1 Å². The van der Waals surface area contributed by atoms with E-state index in [0.29, 0.717) is 0 Å². The Balaban J connectivity index is 2.34. The molecule has 0 radical (unpaired) electrons. The van der Waals surface area contributed by atoms with E-state index in [9.17, 15) is 9.59 Å². The molecule has 0 aliphatic rings. The van der Waals surface area contributed by atoms with Crippen molar-refractivity contribution < 1.29 is 14.7 Å². The van der Waals surface area contributed by atoms with Gasteiger partial charge in [0.25, 0.3) is 5.78 Å². The molecule has 0 bridgehead atoms. The molecule has 0 spiro atoms. The summed E-state index contributed by atoms with van der Waals surface area (Å²) in [5, 5.41) is 8.64. The Morgan fingerprint density at radius 3 is 1.95 bits per heavy atom. The van der Waals surface area contributed by atoms with E-state index in [1.54, 1.807) is 24.3 Å². The summed E-state index contributed by atoms with van der Waals surface area (Å²) in [6.07, 6.45) is 0. The summed E-state index contributed by atoms with van der Waals surface area (Å²) in [5.41, 5.74) is 4.63. The number of Topliss-reactive ketones (excluding diaryl/α,β-unsaturated/α-hetero) is 1. The second-order valence-electron chi connectivity index (χ2n) is 4.51. The number of carbonyl (C=O) groups is 2. The van der Waals surface area contributed by atoms with Crippen molar-refractivity contribution in [3.63, 3.8) is 0 Å². The lowest BCUT2D eigenvalue weighted by atomic mass is 9.99. The summed E-state index contributed by atoms with van der Waals surface area (Å²) in [6.45, 7) is 4.09. The Morgan fingerprint density at radius 1 is 0.842 bits per heavy atom. The van der Waals surface area contributed by atoms with Gasteiger partial charge in [0.05, 0.1) is 0 Å². The highest BCUT2D eigenvalue weighted by Gasteiger charge is 2.13. The number of hydrogen-bond acceptors (Lipinski definition) is 2. The highest BCUT2D eigenvalue weighted by Crippen LogP contribution is 2.22. The van der Waals surface area contributed by atoms with Crippen molar-refractivity contribution in [1.29, 1.82) is 0 Å². The summed E-state index contributed by atoms with van der Waals surface area (Å²) >= 11 is 0. The summed E-state index contributed by atoms with van der Waals surface area (Å²) in [6, 6.07) is 12.7. The number of ketones is 1. The summed E-state index contributed by atoms with van der Waals surface area (Å²) in [5.74, 6) is -2.31. The highest BCUT2D eigenvalue weighted by atomic mass is 16.4. The van der Waals surface area contributed by atoms with Crippen LogP contribution >= 0.6 is 0 Å². The first-order valence-electron chi connectivity index (χ1n) is 5.94. The minimum absolute atomic E-state index is 0.195. The van der Waals surface area contributed by atoms with Gasteiger partial charge in [0.1, 0.15) is 0 Å². The number of benzene rings is 2. The Labute approximate surface area is 111 Å². The molecule has 0 saturated carbocycles. The van der Waals surface area contributed by atoms with Gasteiger partial charge in [0, 0.05) is 5.56 Å². The molecule has 0 atom stereocenters. The largest absolute Gasteiger partial charge is 0.475 e. The molecule has 2 aromatic carbocycles. The van der Waals surface area contributed by atoms with Crippen LogP contribution in [0.2, 0.25) is 0 Å². The maximum Gasteiger partial charge on any atom is 0.377 e. The third-order valence-electron chi connectivity index (χ3n) is 3.18. The monoisotopic (exact) mass is 254 g/mol. The zero-order chi connectivity index (χ0) is 14.0. The Hall–Kier alpha value is -2.42. The lowest BCUT2D eigenvalue weighted by Crippen LogP contribution is -2.12. The standard InChI is InChI=1S/C16H14O3/c1-10-3-4-14(9-11(10)2)12-5-7-13(8-6-12)15(17)16(18)19/h3-9H,1-2H3,(H,18,19). The molecule has 0 aliphatic carbocycles. The van der Waals surface area contributed by atoms with E-state index >= 15 is 0 Å². The zero-order valence-electron chi connectivity index (χ0n) is 10.8. The molecule has 1 N–H and O–H groups in total. The first-order chi connectivity index (χ1) is 8.99.